The molecule has 2 heterocycles. The molecule has 0 saturated carbocycles. The van der Waals surface area contributed by atoms with E-state index >= 15 is 0 Å². The second-order valence-electron chi connectivity index (χ2n) is 6.49. The lowest BCUT2D eigenvalue weighted by Crippen LogP contribution is -2.44. The number of aromatic nitrogens is 3. The van der Waals surface area contributed by atoms with Crippen LogP contribution in [0.3, 0.4) is 0 Å². The highest BCUT2D eigenvalue weighted by Crippen LogP contribution is 2.36. The van der Waals surface area contributed by atoms with E-state index in [-0.39, 0.29) is 17.2 Å². The number of benzene rings is 2. The van der Waals surface area contributed by atoms with Crippen LogP contribution < -0.4 is 15.5 Å². The van der Waals surface area contributed by atoms with Crippen LogP contribution in [0, 0.1) is 6.92 Å². The van der Waals surface area contributed by atoms with Crippen molar-refractivity contribution in [2.75, 3.05) is 12.5 Å². The van der Waals surface area contributed by atoms with Gasteiger partial charge in [0.1, 0.15) is 16.8 Å². The maximum Gasteiger partial charge on any atom is 0.236 e. The lowest BCUT2D eigenvalue weighted by atomic mass is 10.0. The molecular formula is C20H21N5O2S. The van der Waals surface area contributed by atoms with E-state index in [9.17, 15) is 4.79 Å². The second-order valence-corrected chi connectivity index (χ2v) is 7.60. The molecule has 0 bridgehead atoms. The number of carbonyl (C=O) groups is 1. The number of thioether (sulfide) groups is 1. The molecule has 0 aliphatic carbocycles. The van der Waals surface area contributed by atoms with Gasteiger partial charge >= 0.3 is 0 Å². The Morgan fingerprint density at radius 1 is 1.18 bits per heavy atom. The third-order valence-electron chi connectivity index (χ3n) is 4.64. The van der Waals surface area contributed by atoms with E-state index in [2.05, 4.69) is 20.9 Å². The quantitative estimate of drug-likeness (QED) is 0.691. The average molecular weight is 395 g/mol. The summed E-state index contributed by atoms with van der Waals surface area (Å²) in [4.78, 5) is 13.0. The molecule has 8 heteroatoms. The first kappa shape index (κ1) is 18.4. The van der Waals surface area contributed by atoms with Crippen LogP contribution >= 0.6 is 11.8 Å². The van der Waals surface area contributed by atoms with Gasteiger partial charge in [-0.3, -0.25) is 4.79 Å². The predicted molar refractivity (Wildman–Crippen MR) is 108 cm³/mol. The molecule has 1 aliphatic rings. The van der Waals surface area contributed by atoms with Gasteiger partial charge in [-0.15, -0.1) is 10.2 Å². The number of rotatable bonds is 5. The molecule has 0 fully saturated rings. The Kier molecular flexibility index (Phi) is 5.21. The van der Waals surface area contributed by atoms with E-state index in [0.29, 0.717) is 11.7 Å². The van der Waals surface area contributed by atoms with Crippen molar-refractivity contribution in [2.24, 2.45) is 0 Å². The number of hydrogen-bond acceptors (Lipinski definition) is 6. The lowest BCUT2D eigenvalue weighted by Gasteiger charge is -2.32. The van der Waals surface area contributed by atoms with Crippen molar-refractivity contribution >= 4 is 17.7 Å². The van der Waals surface area contributed by atoms with Crippen LogP contribution in [0.15, 0.2) is 59.8 Å². The average Bonchev–Trinajstić information content (AvgIpc) is 3.12. The Hall–Kier alpha value is -3.00. The summed E-state index contributed by atoms with van der Waals surface area (Å²) >= 11 is 1.42. The zero-order valence-corrected chi connectivity index (χ0v) is 16.4. The fraction of sp³-hybridized carbons (Fsp3) is 0.250. The number of nitrogens with zero attached hydrogens (tertiary/aromatic N) is 3. The normalized spacial score (nSPS) is 18.1. The van der Waals surface area contributed by atoms with Gasteiger partial charge in [-0.1, -0.05) is 54.2 Å². The molecular weight excluding hydrogens is 374 g/mol. The maximum absolute atomic E-state index is 13.0. The summed E-state index contributed by atoms with van der Waals surface area (Å²) in [5.74, 6) is 1.51. The van der Waals surface area contributed by atoms with Gasteiger partial charge in [-0.25, -0.2) is 4.68 Å². The number of nitrogens with one attached hydrogen (secondary N) is 2. The van der Waals surface area contributed by atoms with Crippen LogP contribution in [-0.2, 0) is 11.3 Å². The minimum absolute atomic E-state index is 0.0472. The molecule has 1 aromatic heterocycles. The molecule has 3 aromatic rings. The molecule has 144 valence electrons. The highest BCUT2D eigenvalue weighted by molar-refractivity contribution is 8.00. The lowest BCUT2D eigenvalue weighted by molar-refractivity contribution is -0.121. The molecule has 1 aliphatic heterocycles. The molecule has 4 rings (SSSR count). The Morgan fingerprint density at radius 2 is 1.93 bits per heavy atom. The van der Waals surface area contributed by atoms with E-state index in [4.69, 9.17) is 4.74 Å². The third-order valence-corrected chi connectivity index (χ3v) is 5.86. The van der Waals surface area contributed by atoms with Crippen molar-refractivity contribution in [1.82, 2.24) is 20.2 Å². The van der Waals surface area contributed by atoms with Crippen molar-refractivity contribution in [1.29, 1.82) is 0 Å². The van der Waals surface area contributed by atoms with Gasteiger partial charge in [0.15, 0.2) is 0 Å². The van der Waals surface area contributed by atoms with Crippen molar-refractivity contribution in [3.05, 3.63) is 71.5 Å². The summed E-state index contributed by atoms with van der Waals surface area (Å²) < 4.78 is 7.02. The van der Waals surface area contributed by atoms with Gasteiger partial charge in [-0.2, -0.15) is 0 Å². The Morgan fingerprint density at radius 3 is 2.64 bits per heavy atom. The van der Waals surface area contributed by atoms with Crippen LogP contribution in [-0.4, -0.2) is 33.1 Å². The van der Waals surface area contributed by atoms with Crippen molar-refractivity contribution in [3.8, 4) is 5.75 Å². The first-order valence-corrected chi connectivity index (χ1v) is 9.84. The van der Waals surface area contributed by atoms with Crippen molar-refractivity contribution < 1.29 is 9.53 Å². The molecule has 2 atom stereocenters. The minimum Gasteiger partial charge on any atom is -0.497 e. The summed E-state index contributed by atoms with van der Waals surface area (Å²) in [5.41, 5.74) is 5.45. The van der Waals surface area contributed by atoms with E-state index < -0.39 is 0 Å². The second kappa shape index (κ2) is 7.93. The van der Waals surface area contributed by atoms with Crippen LogP contribution in [0.4, 0.5) is 0 Å². The van der Waals surface area contributed by atoms with Gasteiger partial charge in [0, 0.05) is 6.54 Å². The minimum atomic E-state index is -0.364. The smallest absolute Gasteiger partial charge is 0.236 e. The zero-order chi connectivity index (χ0) is 19.5. The number of aryl methyl sites for hydroxylation is 1. The SMILES string of the molecule is COc1ccc(CNC(=O)[C@H]2Sc3nnc(C)n3N[C@@H]2c2ccccc2)cc1. The van der Waals surface area contributed by atoms with E-state index in [1.165, 1.54) is 11.8 Å². The van der Waals surface area contributed by atoms with E-state index in [1.54, 1.807) is 7.11 Å². The monoisotopic (exact) mass is 395 g/mol. The van der Waals surface area contributed by atoms with Gasteiger partial charge < -0.3 is 15.5 Å². The van der Waals surface area contributed by atoms with Crippen LogP contribution in [0.5, 0.6) is 5.75 Å². The zero-order valence-electron chi connectivity index (χ0n) is 15.6. The van der Waals surface area contributed by atoms with Crippen molar-refractivity contribution in [2.45, 2.75) is 29.9 Å². The Balaban J connectivity index is 1.53. The molecule has 0 radical (unpaired) electrons. The predicted octanol–water partition coefficient (Wildman–Crippen LogP) is 2.67. The molecule has 0 unspecified atom stereocenters. The number of amides is 1. The van der Waals surface area contributed by atoms with Crippen molar-refractivity contribution in [3.63, 3.8) is 0 Å². The summed E-state index contributed by atoms with van der Waals surface area (Å²) in [7, 11) is 1.63. The molecule has 1 amide bonds. The first-order chi connectivity index (χ1) is 13.7. The molecule has 0 spiro atoms. The standard InChI is InChI=1S/C20H21N5O2S/c1-13-22-23-20-25(13)24-17(15-6-4-3-5-7-15)18(28-20)19(26)21-12-14-8-10-16(27-2)11-9-14/h3-11,17-18,24H,12H2,1-2H3,(H,21,26)/t17-,18+/m1/s1. The first-order valence-electron chi connectivity index (χ1n) is 8.96. The number of carbonyl (C=O) groups excluding carboxylic acids is 1. The molecule has 2 N–H and O–H groups in total. The summed E-state index contributed by atoms with van der Waals surface area (Å²) in [5, 5.41) is 11.7. The van der Waals surface area contributed by atoms with Gasteiger partial charge in [-0.05, 0) is 30.2 Å². The summed E-state index contributed by atoms with van der Waals surface area (Å²) in [6, 6.07) is 17.4. The highest BCUT2D eigenvalue weighted by atomic mass is 32.2. The molecule has 0 saturated heterocycles. The van der Waals surface area contributed by atoms with Crippen LogP contribution in [0.2, 0.25) is 0 Å². The largest absolute Gasteiger partial charge is 0.497 e. The fourth-order valence-electron chi connectivity index (χ4n) is 3.10. The van der Waals surface area contributed by atoms with E-state index in [0.717, 1.165) is 22.7 Å². The van der Waals surface area contributed by atoms with E-state index in [1.807, 2.05) is 66.2 Å². The van der Waals surface area contributed by atoms with Gasteiger partial charge in [0.05, 0.1) is 13.2 Å². The molecule has 2 aromatic carbocycles. The fourth-order valence-corrected chi connectivity index (χ4v) is 4.25. The maximum atomic E-state index is 13.0. The third kappa shape index (κ3) is 3.68. The Bertz CT molecular complexity index is 958. The van der Waals surface area contributed by atoms with Gasteiger partial charge in [0.2, 0.25) is 11.1 Å². The summed E-state index contributed by atoms with van der Waals surface area (Å²) in [6.45, 7) is 2.34. The highest BCUT2D eigenvalue weighted by Gasteiger charge is 2.37. The number of ether oxygens (including phenoxy) is 1. The number of methoxy groups -OCH3 is 1. The van der Waals surface area contributed by atoms with Gasteiger partial charge in [0.25, 0.3) is 0 Å². The van der Waals surface area contributed by atoms with Crippen LogP contribution in [0.1, 0.15) is 23.0 Å². The Labute approximate surface area is 167 Å². The number of fused-ring (bicyclic) bond motifs is 1. The summed E-state index contributed by atoms with van der Waals surface area (Å²) in [6.07, 6.45) is 0. The molecule has 28 heavy (non-hydrogen) atoms. The number of hydrogen-bond donors (Lipinski definition) is 2. The topological polar surface area (TPSA) is 81.1 Å². The molecule has 7 nitrogen and oxygen atoms in total. The van der Waals surface area contributed by atoms with Crippen LogP contribution in [0.25, 0.3) is 0 Å².